The Balaban J connectivity index is 1.54. The lowest BCUT2D eigenvalue weighted by Gasteiger charge is -2.12. The molecule has 3 heterocycles. The van der Waals surface area contributed by atoms with Crippen molar-refractivity contribution in [2.75, 3.05) is 0 Å². The van der Waals surface area contributed by atoms with E-state index >= 15 is 0 Å². The van der Waals surface area contributed by atoms with Crippen molar-refractivity contribution in [1.29, 1.82) is 0 Å². The molecule has 7 nitrogen and oxygen atoms in total. The van der Waals surface area contributed by atoms with Crippen LogP contribution in [0.2, 0.25) is 0 Å². The Morgan fingerprint density at radius 3 is 2.28 bits per heavy atom. The predicted molar refractivity (Wildman–Crippen MR) is 79.1 cm³/mol. The number of benzene rings is 2. The second-order valence-corrected chi connectivity index (χ2v) is 5.90. The molecule has 0 bridgehead atoms. The Labute approximate surface area is 140 Å². The van der Waals surface area contributed by atoms with Crippen LogP contribution in [0, 0.1) is 0 Å². The number of cyclic esters (lactones) is 2. The van der Waals surface area contributed by atoms with E-state index in [1.807, 2.05) is 0 Å². The van der Waals surface area contributed by atoms with E-state index in [1.165, 1.54) is 24.3 Å². The third kappa shape index (κ3) is 1.96. The van der Waals surface area contributed by atoms with E-state index in [9.17, 15) is 19.2 Å². The van der Waals surface area contributed by atoms with Crippen LogP contribution in [0.5, 0.6) is 0 Å². The van der Waals surface area contributed by atoms with E-state index in [4.69, 9.17) is 9.47 Å². The van der Waals surface area contributed by atoms with Crippen molar-refractivity contribution in [3.63, 3.8) is 0 Å². The van der Waals surface area contributed by atoms with Gasteiger partial charge in [0.1, 0.15) is 0 Å². The number of carbonyl (C=O) groups is 4. The van der Waals surface area contributed by atoms with E-state index in [0.29, 0.717) is 11.1 Å². The average molecular weight is 336 g/mol. The topological polar surface area (TPSA) is 99.3 Å². The van der Waals surface area contributed by atoms with E-state index < -0.39 is 24.2 Å². The quantitative estimate of drug-likeness (QED) is 0.357. The van der Waals surface area contributed by atoms with E-state index in [-0.39, 0.29) is 34.1 Å². The van der Waals surface area contributed by atoms with Crippen molar-refractivity contribution in [3.8, 4) is 0 Å². The van der Waals surface area contributed by atoms with Crippen LogP contribution >= 0.6 is 0 Å². The summed E-state index contributed by atoms with van der Waals surface area (Å²) < 4.78 is 14.8. The van der Waals surface area contributed by atoms with Crippen LogP contribution in [0.4, 0.5) is 0 Å². The summed E-state index contributed by atoms with van der Waals surface area (Å²) in [6.07, 6.45) is -0.792. The van der Waals surface area contributed by atoms with Gasteiger partial charge in [0.25, 0.3) is 0 Å². The van der Waals surface area contributed by atoms with Gasteiger partial charge in [-0.1, -0.05) is 18.2 Å². The summed E-state index contributed by atoms with van der Waals surface area (Å²) in [6, 6.07) is 8.86. The molecular formula is C18H8O7. The van der Waals surface area contributed by atoms with Gasteiger partial charge in [0, 0.05) is 16.7 Å². The van der Waals surface area contributed by atoms with E-state index in [1.54, 1.807) is 12.1 Å². The SMILES string of the molecule is O=C(c1ccc2c(c1)C(=O)OC2=O)c1ccc2c(c1)C(=O)OC1OC21. The van der Waals surface area contributed by atoms with Gasteiger partial charge in [-0.15, -0.1) is 0 Å². The van der Waals surface area contributed by atoms with Crippen LogP contribution in [-0.2, 0) is 14.2 Å². The third-order valence-corrected chi connectivity index (χ3v) is 4.42. The number of epoxide rings is 1. The molecule has 2 aromatic rings. The molecule has 5 rings (SSSR count). The first-order valence-corrected chi connectivity index (χ1v) is 7.48. The van der Waals surface area contributed by atoms with Gasteiger partial charge < -0.3 is 14.2 Å². The van der Waals surface area contributed by atoms with Gasteiger partial charge in [-0.25, -0.2) is 14.4 Å². The Morgan fingerprint density at radius 2 is 1.48 bits per heavy atom. The van der Waals surface area contributed by atoms with Crippen molar-refractivity contribution in [2.24, 2.45) is 0 Å². The lowest BCUT2D eigenvalue weighted by atomic mass is 9.94. The van der Waals surface area contributed by atoms with E-state index in [2.05, 4.69) is 4.74 Å². The lowest BCUT2D eigenvalue weighted by molar-refractivity contribution is 0.0290. The largest absolute Gasteiger partial charge is 0.429 e. The summed E-state index contributed by atoms with van der Waals surface area (Å²) >= 11 is 0. The summed E-state index contributed by atoms with van der Waals surface area (Å²) in [5.74, 6) is -2.42. The summed E-state index contributed by atoms with van der Waals surface area (Å²) in [5, 5.41) is 0. The highest BCUT2D eigenvalue weighted by molar-refractivity contribution is 6.17. The summed E-state index contributed by atoms with van der Waals surface area (Å²) in [7, 11) is 0. The number of rotatable bonds is 2. The van der Waals surface area contributed by atoms with Crippen LogP contribution in [0.25, 0.3) is 0 Å². The van der Waals surface area contributed by atoms with Gasteiger partial charge in [0.15, 0.2) is 11.9 Å². The van der Waals surface area contributed by atoms with Crippen molar-refractivity contribution in [1.82, 2.24) is 0 Å². The van der Waals surface area contributed by atoms with Gasteiger partial charge in [-0.3, -0.25) is 4.79 Å². The van der Waals surface area contributed by atoms with Crippen molar-refractivity contribution < 1.29 is 33.4 Å². The molecule has 2 aromatic carbocycles. The molecular weight excluding hydrogens is 328 g/mol. The molecule has 0 aromatic heterocycles. The average Bonchev–Trinajstić information content (AvgIpc) is 3.33. The number of esters is 3. The Bertz CT molecular complexity index is 1020. The number of hydrogen-bond acceptors (Lipinski definition) is 7. The summed E-state index contributed by atoms with van der Waals surface area (Å²) in [6.45, 7) is 0. The highest BCUT2D eigenvalue weighted by Crippen LogP contribution is 2.45. The molecule has 0 aliphatic carbocycles. The fourth-order valence-corrected chi connectivity index (χ4v) is 3.09. The Kier molecular flexibility index (Phi) is 2.59. The maximum atomic E-state index is 12.7. The predicted octanol–water partition coefficient (Wildman–Crippen LogP) is 1.80. The maximum Gasteiger partial charge on any atom is 0.346 e. The van der Waals surface area contributed by atoms with E-state index in [0.717, 1.165) is 0 Å². The number of ether oxygens (including phenoxy) is 3. The lowest BCUT2D eigenvalue weighted by Crippen LogP contribution is -2.17. The second-order valence-electron chi connectivity index (χ2n) is 5.90. The van der Waals surface area contributed by atoms with Crippen molar-refractivity contribution >= 4 is 23.7 Å². The number of hydrogen-bond donors (Lipinski definition) is 0. The maximum absolute atomic E-state index is 12.7. The third-order valence-electron chi connectivity index (χ3n) is 4.42. The first-order chi connectivity index (χ1) is 12.0. The molecule has 2 atom stereocenters. The smallest absolute Gasteiger partial charge is 0.346 e. The van der Waals surface area contributed by atoms with Crippen molar-refractivity contribution in [2.45, 2.75) is 12.4 Å². The molecule has 3 aliphatic rings. The number of carbonyl (C=O) groups excluding carboxylic acids is 4. The number of ketones is 1. The highest BCUT2D eigenvalue weighted by Gasteiger charge is 2.50. The molecule has 1 fully saturated rings. The zero-order valence-electron chi connectivity index (χ0n) is 12.5. The molecule has 0 radical (unpaired) electrons. The van der Waals surface area contributed by atoms with Gasteiger partial charge in [-0.05, 0) is 18.2 Å². The second kappa shape index (κ2) is 4.61. The molecule has 0 amide bonds. The first-order valence-electron chi connectivity index (χ1n) is 7.48. The fourth-order valence-electron chi connectivity index (χ4n) is 3.09. The Morgan fingerprint density at radius 1 is 0.800 bits per heavy atom. The normalized spacial score (nSPS) is 22.5. The minimum absolute atomic E-state index is 0.0578. The molecule has 25 heavy (non-hydrogen) atoms. The minimum Gasteiger partial charge on any atom is -0.429 e. The summed E-state index contributed by atoms with van der Waals surface area (Å²) in [5.41, 5.74) is 1.67. The molecule has 3 aliphatic heterocycles. The standard InChI is InChI=1S/C18H8O7/c19-13(8-2-4-10-12(6-8)16(21)24-15(10)20)7-1-3-9-11(5-7)17(22)25-18-14(9)23-18/h1-6,14,18H. The van der Waals surface area contributed by atoms with Crippen LogP contribution in [0.1, 0.15) is 58.7 Å². The van der Waals surface area contributed by atoms with Gasteiger partial charge in [0.2, 0.25) is 6.29 Å². The van der Waals surface area contributed by atoms with Crippen LogP contribution < -0.4 is 0 Å². The zero-order valence-corrected chi connectivity index (χ0v) is 12.5. The Hall–Kier alpha value is -3.32. The molecule has 1 saturated heterocycles. The monoisotopic (exact) mass is 336 g/mol. The van der Waals surface area contributed by atoms with Crippen LogP contribution in [0.15, 0.2) is 36.4 Å². The minimum atomic E-state index is -0.777. The first kappa shape index (κ1) is 14.1. The molecule has 0 N–H and O–H groups in total. The molecule has 0 spiro atoms. The van der Waals surface area contributed by atoms with Crippen LogP contribution in [0.3, 0.4) is 0 Å². The fraction of sp³-hybridized carbons (Fsp3) is 0.111. The molecule has 0 saturated carbocycles. The summed E-state index contributed by atoms with van der Waals surface area (Å²) in [4.78, 5) is 47.8. The number of fused-ring (bicyclic) bond motifs is 4. The molecule has 7 heteroatoms. The molecule has 2 unspecified atom stereocenters. The van der Waals surface area contributed by atoms with Gasteiger partial charge in [0.05, 0.1) is 16.7 Å². The van der Waals surface area contributed by atoms with Gasteiger partial charge >= 0.3 is 17.9 Å². The van der Waals surface area contributed by atoms with Gasteiger partial charge in [-0.2, -0.15) is 0 Å². The van der Waals surface area contributed by atoms with Crippen molar-refractivity contribution in [3.05, 3.63) is 69.8 Å². The zero-order chi connectivity index (χ0) is 17.3. The van der Waals surface area contributed by atoms with Crippen LogP contribution in [-0.4, -0.2) is 30.0 Å². The molecule has 122 valence electrons. The highest BCUT2D eigenvalue weighted by atomic mass is 16.8.